The van der Waals surface area contributed by atoms with Crippen molar-refractivity contribution in [3.8, 4) is 0 Å². The van der Waals surface area contributed by atoms with Gasteiger partial charge in [-0.1, -0.05) is 60.7 Å². The van der Waals surface area contributed by atoms with Crippen molar-refractivity contribution in [2.45, 2.75) is 13.2 Å². The molecule has 0 fully saturated rings. The molecule has 0 unspecified atom stereocenters. The van der Waals surface area contributed by atoms with Crippen LogP contribution in [0, 0.1) is 0 Å². The van der Waals surface area contributed by atoms with Gasteiger partial charge in [-0.15, -0.1) is 5.16 Å². The molecule has 0 saturated heterocycles. The zero-order chi connectivity index (χ0) is 15.8. The van der Waals surface area contributed by atoms with E-state index >= 15 is 0 Å². The lowest BCUT2D eigenvalue weighted by atomic mass is 10.2. The van der Waals surface area contributed by atoms with Gasteiger partial charge >= 0.3 is 0 Å². The summed E-state index contributed by atoms with van der Waals surface area (Å²) in [6.07, 6.45) is 0. The third-order valence-electron chi connectivity index (χ3n) is 2.26. The third kappa shape index (κ3) is 10.3. The predicted molar refractivity (Wildman–Crippen MR) is 84.3 cm³/mol. The topological polar surface area (TPSA) is 77.1 Å². The van der Waals surface area contributed by atoms with Crippen molar-refractivity contribution < 1.29 is 14.8 Å². The van der Waals surface area contributed by atoms with Crippen molar-refractivity contribution in [3.63, 3.8) is 0 Å². The molecule has 3 N–H and O–H groups in total. The Morgan fingerprint density at radius 3 is 1.71 bits per heavy atom. The smallest absolute Gasteiger partial charge is 0.142 e. The number of nitrogens with zero attached hydrogens (tertiary/aromatic N) is 1. The zero-order valence-electron chi connectivity index (χ0n) is 12.2. The highest BCUT2D eigenvalue weighted by atomic mass is 16.6. The van der Waals surface area contributed by atoms with E-state index in [2.05, 4.69) is 16.7 Å². The van der Waals surface area contributed by atoms with E-state index in [1.807, 2.05) is 60.7 Å². The molecule has 0 bridgehead atoms. The maximum Gasteiger partial charge on any atom is 0.142 e. The number of aliphatic hydroxyl groups is 1. The quantitative estimate of drug-likeness (QED) is 0.655. The average Bonchev–Trinajstić information content (AvgIpc) is 2.58. The van der Waals surface area contributed by atoms with Crippen molar-refractivity contribution in [1.29, 1.82) is 0 Å². The van der Waals surface area contributed by atoms with Gasteiger partial charge in [-0.3, -0.25) is 4.84 Å². The van der Waals surface area contributed by atoms with E-state index in [0.717, 1.165) is 18.2 Å². The van der Waals surface area contributed by atoms with Gasteiger partial charge < -0.3 is 9.94 Å². The van der Waals surface area contributed by atoms with Gasteiger partial charge in [-0.2, -0.15) is 0 Å². The van der Waals surface area contributed by atoms with Crippen LogP contribution in [-0.4, -0.2) is 18.9 Å². The molecule has 5 nitrogen and oxygen atoms in total. The van der Waals surface area contributed by atoms with Crippen LogP contribution in [0.3, 0.4) is 0 Å². The number of nitrogens with two attached hydrogens (primary N) is 1. The highest BCUT2D eigenvalue weighted by Crippen LogP contribution is 1.99. The first-order valence-corrected chi connectivity index (χ1v) is 6.29. The molecule has 114 valence electrons. The molecule has 0 aliphatic carbocycles. The summed E-state index contributed by atoms with van der Waals surface area (Å²) in [5.74, 6) is 4.86. The van der Waals surface area contributed by atoms with E-state index in [-0.39, 0.29) is 0 Å². The third-order valence-corrected chi connectivity index (χ3v) is 2.26. The van der Waals surface area contributed by atoms with Gasteiger partial charge in [0, 0.05) is 13.8 Å². The largest absolute Gasteiger partial charge is 0.400 e. The number of oxime groups is 1. The maximum absolute atomic E-state index is 7.00. The van der Waals surface area contributed by atoms with Gasteiger partial charge in [0.15, 0.2) is 0 Å². The van der Waals surface area contributed by atoms with Crippen LogP contribution in [-0.2, 0) is 22.9 Å². The van der Waals surface area contributed by atoms with Gasteiger partial charge in [0.05, 0.1) is 6.61 Å². The molecule has 0 aromatic heterocycles. The van der Waals surface area contributed by atoms with Crippen LogP contribution in [0.5, 0.6) is 0 Å². The van der Waals surface area contributed by atoms with E-state index in [9.17, 15) is 0 Å². The van der Waals surface area contributed by atoms with Crippen molar-refractivity contribution >= 4 is 6.72 Å². The second kappa shape index (κ2) is 14.2. The van der Waals surface area contributed by atoms with Gasteiger partial charge in [0.1, 0.15) is 6.61 Å². The van der Waals surface area contributed by atoms with E-state index in [0.29, 0.717) is 13.2 Å². The number of benzene rings is 2. The maximum atomic E-state index is 7.00. The first kappa shape index (κ1) is 18.8. The molecule has 0 spiro atoms. The molecule has 0 amide bonds. The normalized spacial score (nSPS) is 8.52. The Morgan fingerprint density at radius 1 is 0.905 bits per heavy atom. The van der Waals surface area contributed by atoms with Crippen molar-refractivity contribution in [2.75, 3.05) is 7.11 Å². The molecule has 0 saturated carbocycles. The lowest BCUT2D eigenvalue weighted by molar-refractivity contribution is 0.124. The molecule has 5 heteroatoms. The van der Waals surface area contributed by atoms with Crippen LogP contribution in [0.2, 0.25) is 0 Å². The molecule has 0 aliphatic heterocycles. The standard InChI is InChI=1S/C8H9NO.C7H9NO.CH4O/c1-9-10-7-8-5-3-2-4-6-8;8-9-6-7-4-2-1-3-5-7;1-2/h2-6H,1,7H2;1-5H,6,8H2;2H,1H3. The van der Waals surface area contributed by atoms with Crippen LogP contribution in [0.4, 0.5) is 0 Å². The summed E-state index contributed by atoms with van der Waals surface area (Å²) in [5.41, 5.74) is 2.20. The molecule has 2 rings (SSSR count). The Bertz CT molecular complexity index is 450. The molecular formula is C16H22N2O3. The molecule has 0 aliphatic rings. The van der Waals surface area contributed by atoms with Crippen molar-refractivity contribution in [1.82, 2.24) is 0 Å². The summed E-state index contributed by atoms with van der Waals surface area (Å²) < 4.78 is 0. The number of aliphatic hydroxyl groups excluding tert-OH is 1. The number of rotatable bonds is 5. The monoisotopic (exact) mass is 290 g/mol. The second-order valence-corrected chi connectivity index (χ2v) is 3.68. The van der Waals surface area contributed by atoms with Crippen LogP contribution >= 0.6 is 0 Å². The summed E-state index contributed by atoms with van der Waals surface area (Å²) in [7, 11) is 1.00. The molecule has 0 radical (unpaired) electrons. The molecule has 2 aromatic carbocycles. The molecule has 21 heavy (non-hydrogen) atoms. The van der Waals surface area contributed by atoms with E-state index in [4.69, 9.17) is 15.8 Å². The number of hydrogen-bond donors (Lipinski definition) is 2. The number of hydrogen-bond acceptors (Lipinski definition) is 5. The van der Waals surface area contributed by atoms with Crippen LogP contribution in [0.15, 0.2) is 65.8 Å². The van der Waals surface area contributed by atoms with E-state index < -0.39 is 0 Å². The molecule has 0 heterocycles. The Labute approximate surface area is 125 Å². The summed E-state index contributed by atoms with van der Waals surface area (Å²) in [5, 5.41) is 10.3. The fraction of sp³-hybridized carbons (Fsp3) is 0.188. The first-order valence-electron chi connectivity index (χ1n) is 6.29. The van der Waals surface area contributed by atoms with Crippen LogP contribution < -0.4 is 5.90 Å². The van der Waals surface area contributed by atoms with E-state index in [1.54, 1.807) is 0 Å². The van der Waals surface area contributed by atoms with Crippen molar-refractivity contribution in [2.24, 2.45) is 11.1 Å². The molecule has 2 aromatic rings. The Kier molecular flexibility index (Phi) is 12.7. The van der Waals surface area contributed by atoms with Gasteiger partial charge in [-0.05, 0) is 11.1 Å². The summed E-state index contributed by atoms with van der Waals surface area (Å²) in [6.45, 7) is 4.19. The minimum atomic E-state index is 0.487. The second-order valence-electron chi connectivity index (χ2n) is 3.68. The van der Waals surface area contributed by atoms with E-state index in [1.165, 1.54) is 0 Å². The molecule has 0 atom stereocenters. The summed E-state index contributed by atoms with van der Waals surface area (Å²) >= 11 is 0. The average molecular weight is 290 g/mol. The van der Waals surface area contributed by atoms with Gasteiger partial charge in [0.25, 0.3) is 0 Å². The van der Waals surface area contributed by atoms with Crippen molar-refractivity contribution in [3.05, 3.63) is 71.8 Å². The predicted octanol–water partition coefficient (Wildman–Crippen LogP) is 2.50. The highest BCUT2D eigenvalue weighted by molar-refractivity contribution is 5.21. The molecular weight excluding hydrogens is 268 g/mol. The van der Waals surface area contributed by atoms with Crippen LogP contribution in [0.25, 0.3) is 0 Å². The van der Waals surface area contributed by atoms with Gasteiger partial charge in [0.2, 0.25) is 0 Å². The lowest BCUT2D eigenvalue weighted by Crippen LogP contribution is -1.97. The SMILES string of the molecule is C=NOCc1ccccc1.CO.NOCc1ccccc1. The summed E-state index contributed by atoms with van der Waals surface area (Å²) in [4.78, 5) is 9.16. The minimum Gasteiger partial charge on any atom is -0.400 e. The van der Waals surface area contributed by atoms with Gasteiger partial charge in [-0.25, -0.2) is 5.90 Å². The lowest BCUT2D eigenvalue weighted by Gasteiger charge is -1.96. The highest BCUT2D eigenvalue weighted by Gasteiger charge is 1.87. The Balaban J connectivity index is 0.000000342. The Morgan fingerprint density at radius 2 is 1.33 bits per heavy atom. The van der Waals surface area contributed by atoms with Crippen LogP contribution in [0.1, 0.15) is 11.1 Å². The minimum absolute atomic E-state index is 0.487. The fourth-order valence-electron chi connectivity index (χ4n) is 1.36. The zero-order valence-corrected chi connectivity index (χ0v) is 12.2. The summed E-state index contributed by atoms with van der Waals surface area (Å²) in [6, 6.07) is 19.6. The fourth-order valence-corrected chi connectivity index (χ4v) is 1.36. The first-order chi connectivity index (χ1) is 10.4. The Hall–Kier alpha value is -2.21.